The number of hydrogen-bond donors (Lipinski definition) is 2. The summed E-state index contributed by atoms with van der Waals surface area (Å²) in [5, 5.41) is 7.53. The Bertz CT molecular complexity index is 218. The van der Waals surface area contributed by atoms with E-state index in [0.717, 1.165) is 11.4 Å². The van der Waals surface area contributed by atoms with E-state index in [2.05, 4.69) is 10.6 Å². The van der Waals surface area contributed by atoms with Crippen LogP contribution in [0.4, 0.5) is 4.79 Å². The standard InChI is InChI=1S/C8H14N2OS/c1-8(2,3)10-7(11)9-6-4-12-5-6/h4H,5H2,1-3H3,(H2,9,10,11). The van der Waals surface area contributed by atoms with Gasteiger partial charge in [-0.15, -0.1) is 11.8 Å². The minimum Gasteiger partial charge on any atom is -0.333 e. The summed E-state index contributed by atoms with van der Waals surface area (Å²) in [6.45, 7) is 5.86. The van der Waals surface area contributed by atoms with E-state index in [0.29, 0.717) is 0 Å². The average molecular weight is 186 g/mol. The molecular formula is C8H14N2OS. The maximum Gasteiger partial charge on any atom is 0.319 e. The van der Waals surface area contributed by atoms with E-state index in [1.165, 1.54) is 0 Å². The van der Waals surface area contributed by atoms with Crippen molar-refractivity contribution in [1.82, 2.24) is 10.6 Å². The van der Waals surface area contributed by atoms with Crippen molar-refractivity contribution in [3.63, 3.8) is 0 Å². The predicted octanol–water partition coefficient (Wildman–Crippen LogP) is 1.67. The number of nitrogens with one attached hydrogen (secondary N) is 2. The van der Waals surface area contributed by atoms with Gasteiger partial charge in [-0.25, -0.2) is 4.79 Å². The first kappa shape index (κ1) is 9.45. The van der Waals surface area contributed by atoms with Gasteiger partial charge in [0.25, 0.3) is 0 Å². The molecule has 12 heavy (non-hydrogen) atoms. The van der Waals surface area contributed by atoms with E-state index in [1.807, 2.05) is 26.2 Å². The summed E-state index contributed by atoms with van der Waals surface area (Å²) in [5.74, 6) is 0.914. The third-order valence-electron chi connectivity index (χ3n) is 1.23. The molecule has 0 radical (unpaired) electrons. The molecule has 0 unspecified atom stereocenters. The zero-order valence-electron chi connectivity index (χ0n) is 7.60. The van der Waals surface area contributed by atoms with Gasteiger partial charge < -0.3 is 10.6 Å². The molecule has 4 heteroatoms. The second-order valence-electron chi connectivity index (χ2n) is 3.78. The van der Waals surface area contributed by atoms with Crippen molar-refractivity contribution in [3.05, 3.63) is 11.1 Å². The fourth-order valence-corrected chi connectivity index (χ4v) is 1.21. The normalized spacial score (nSPS) is 16.1. The first-order valence-corrected chi connectivity index (χ1v) is 4.92. The van der Waals surface area contributed by atoms with Crippen LogP contribution in [0.3, 0.4) is 0 Å². The highest BCUT2D eigenvalue weighted by Crippen LogP contribution is 2.19. The Morgan fingerprint density at radius 2 is 2.17 bits per heavy atom. The Hall–Kier alpha value is -0.640. The zero-order chi connectivity index (χ0) is 9.19. The summed E-state index contributed by atoms with van der Waals surface area (Å²) in [5.41, 5.74) is 0.836. The van der Waals surface area contributed by atoms with Crippen LogP contribution in [0.2, 0.25) is 0 Å². The van der Waals surface area contributed by atoms with Gasteiger partial charge in [-0.2, -0.15) is 0 Å². The van der Waals surface area contributed by atoms with Crippen LogP contribution < -0.4 is 10.6 Å². The van der Waals surface area contributed by atoms with Crippen molar-refractivity contribution >= 4 is 17.8 Å². The van der Waals surface area contributed by atoms with Gasteiger partial charge in [-0.05, 0) is 26.2 Å². The van der Waals surface area contributed by atoms with E-state index >= 15 is 0 Å². The topological polar surface area (TPSA) is 41.1 Å². The number of hydrogen-bond acceptors (Lipinski definition) is 2. The molecule has 0 atom stereocenters. The summed E-state index contributed by atoms with van der Waals surface area (Å²) in [7, 11) is 0. The smallest absolute Gasteiger partial charge is 0.319 e. The molecule has 0 aliphatic carbocycles. The molecule has 3 nitrogen and oxygen atoms in total. The quantitative estimate of drug-likeness (QED) is 0.654. The molecule has 0 bridgehead atoms. The molecule has 1 aliphatic rings. The molecule has 68 valence electrons. The van der Waals surface area contributed by atoms with Crippen molar-refractivity contribution < 1.29 is 4.79 Å². The highest BCUT2D eigenvalue weighted by molar-refractivity contribution is 8.03. The number of carbonyl (C=O) groups excluding carboxylic acids is 1. The van der Waals surface area contributed by atoms with Gasteiger partial charge in [0, 0.05) is 17.0 Å². The van der Waals surface area contributed by atoms with Crippen LogP contribution in [0.15, 0.2) is 11.1 Å². The number of urea groups is 1. The van der Waals surface area contributed by atoms with E-state index in [9.17, 15) is 4.79 Å². The van der Waals surface area contributed by atoms with Crippen molar-refractivity contribution in [2.24, 2.45) is 0 Å². The van der Waals surface area contributed by atoms with Gasteiger partial charge in [0.1, 0.15) is 0 Å². The number of thioether (sulfide) groups is 1. The molecule has 0 saturated heterocycles. The van der Waals surface area contributed by atoms with Gasteiger partial charge in [0.2, 0.25) is 0 Å². The van der Waals surface area contributed by atoms with E-state index in [1.54, 1.807) is 11.8 Å². The second kappa shape index (κ2) is 3.39. The minimum atomic E-state index is -0.165. The van der Waals surface area contributed by atoms with Gasteiger partial charge in [0.05, 0.1) is 0 Å². The summed E-state index contributed by atoms with van der Waals surface area (Å²) in [6.07, 6.45) is 0. The predicted molar refractivity (Wildman–Crippen MR) is 52.0 cm³/mol. The average Bonchev–Trinajstić information content (AvgIpc) is 1.74. The molecule has 0 fully saturated rings. The Morgan fingerprint density at radius 1 is 1.58 bits per heavy atom. The Kier molecular flexibility index (Phi) is 2.67. The van der Waals surface area contributed by atoms with Gasteiger partial charge in [-0.1, -0.05) is 0 Å². The fraction of sp³-hybridized carbons (Fsp3) is 0.625. The first-order valence-electron chi connectivity index (χ1n) is 3.87. The first-order chi connectivity index (χ1) is 5.47. The van der Waals surface area contributed by atoms with Crippen LogP contribution >= 0.6 is 11.8 Å². The monoisotopic (exact) mass is 186 g/mol. The third-order valence-corrected chi connectivity index (χ3v) is 2.16. The Morgan fingerprint density at radius 3 is 2.50 bits per heavy atom. The Labute approximate surface area is 77.0 Å². The van der Waals surface area contributed by atoms with Gasteiger partial charge in [-0.3, -0.25) is 0 Å². The van der Waals surface area contributed by atoms with Crippen LogP contribution in [-0.2, 0) is 0 Å². The maximum atomic E-state index is 11.2. The summed E-state index contributed by atoms with van der Waals surface area (Å²) >= 11 is 1.70. The second-order valence-corrected chi connectivity index (χ2v) is 4.64. The molecule has 1 heterocycles. The lowest BCUT2D eigenvalue weighted by Crippen LogP contribution is -2.46. The molecule has 2 amide bonds. The molecule has 0 spiro atoms. The lowest BCUT2D eigenvalue weighted by Gasteiger charge is -2.22. The minimum absolute atomic E-state index is 0.117. The van der Waals surface area contributed by atoms with E-state index < -0.39 is 0 Å². The maximum absolute atomic E-state index is 11.2. The largest absolute Gasteiger partial charge is 0.333 e. The van der Waals surface area contributed by atoms with Crippen LogP contribution in [0.25, 0.3) is 0 Å². The van der Waals surface area contributed by atoms with E-state index in [4.69, 9.17) is 0 Å². The number of amides is 2. The van der Waals surface area contributed by atoms with E-state index in [-0.39, 0.29) is 11.6 Å². The zero-order valence-corrected chi connectivity index (χ0v) is 8.42. The third kappa shape index (κ3) is 3.17. The highest BCUT2D eigenvalue weighted by atomic mass is 32.2. The summed E-state index contributed by atoms with van der Waals surface area (Å²) in [4.78, 5) is 11.2. The Balaban J connectivity index is 2.29. The molecule has 0 saturated carbocycles. The molecule has 1 rings (SSSR count). The fourth-order valence-electron chi connectivity index (χ4n) is 0.750. The van der Waals surface area contributed by atoms with Crippen LogP contribution in [-0.4, -0.2) is 17.3 Å². The molecule has 2 N–H and O–H groups in total. The highest BCUT2D eigenvalue weighted by Gasteiger charge is 2.15. The van der Waals surface area contributed by atoms with Gasteiger partial charge >= 0.3 is 6.03 Å². The molecule has 0 aromatic carbocycles. The molecule has 0 aromatic rings. The van der Waals surface area contributed by atoms with Crippen LogP contribution in [0, 0.1) is 0 Å². The van der Waals surface area contributed by atoms with Crippen molar-refractivity contribution in [3.8, 4) is 0 Å². The number of rotatable bonds is 1. The van der Waals surface area contributed by atoms with Crippen molar-refractivity contribution in [2.75, 3.05) is 5.75 Å². The SMILES string of the molecule is CC(C)(C)NC(=O)NC1=CSC1. The van der Waals surface area contributed by atoms with Crippen molar-refractivity contribution in [1.29, 1.82) is 0 Å². The van der Waals surface area contributed by atoms with Crippen LogP contribution in [0.1, 0.15) is 20.8 Å². The lowest BCUT2D eigenvalue weighted by molar-refractivity contribution is 0.234. The van der Waals surface area contributed by atoms with Crippen molar-refractivity contribution in [2.45, 2.75) is 26.3 Å². The van der Waals surface area contributed by atoms with Gasteiger partial charge in [0.15, 0.2) is 0 Å². The number of carbonyl (C=O) groups is 1. The molecule has 1 aliphatic heterocycles. The molecule has 0 aromatic heterocycles. The van der Waals surface area contributed by atoms with Crippen LogP contribution in [0.5, 0.6) is 0 Å². The molecular weight excluding hydrogens is 172 g/mol. The lowest BCUT2D eigenvalue weighted by atomic mass is 10.1. The summed E-state index contributed by atoms with van der Waals surface area (Å²) in [6, 6.07) is -0.117. The summed E-state index contributed by atoms with van der Waals surface area (Å²) < 4.78 is 0.